The second kappa shape index (κ2) is 13.2. The standard InChI is InChI=1S/C32H26I2N2O3S/c1-21-7-6-8-23(15-21)20-39-30-27(33)16-24(17-28(30)34)18-29-31(37)36(19-22-11-13-26(38-2)14-12-22)32(40-29)35-25-9-4-3-5-10-25/h3-18H,19-20H2,1-2H3/b29-18-,35-32?. The molecular formula is C32H26I2N2O3S. The molecule has 0 saturated carbocycles. The first-order valence-corrected chi connectivity index (χ1v) is 15.5. The van der Waals surface area contributed by atoms with E-state index in [2.05, 4.69) is 82.4 Å². The van der Waals surface area contributed by atoms with Crippen molar-refractivity contribution in [2.75, 3.05) is 7.11 Å². The number of carbonyl (C=O) groups excluding carboxylic acids is 1. The topological polar surface area (TPSA) is 51.1 Å². The van der Waals surface area contributed by atoms with E-state index >= 15 is 0 Å². The number of hydrogen-bond donors (Lipinski definition) is 0. The van der Waals surface area contributed by atoms with Crippen molar-refractivity contribution in [3.05, 3.63) is 125 Å². The number of methoxy groups -OCH3 is 1. The second-order valence-corrected chi connectivity index (χ2v) is 12.5. The largest absolute Gasteiger partial charge is 0.497 e. The van der Waals surface area contributed by atoms with Gasteiger partial charge in [0.1, 0.15) is 18.1 Å². The lowest BCUT2D eigenvalue weighted by Gasteiger charge is -2.16. The Labute approximate surface area is 266 Å². The zero-order chi connectivity index (χ0) is 28.1. The molecule has 0 unspecified atom stereocenters. The fraction of sp³-hybridized carbons (Fsp3) is 0.125. The number of benzene rings is 4. The molecule has 0 N–H and O–H groups in total. The molecule has 0 aliphatic carbocycles. The Bertz CT molecular complexity index is 1560. The molecular weight excluding hydrogens is 746 g/mol. The molecule has 40 heavy (non-hydrogen) atoms. The van der Waals surface area contributed by atoms with Crippen LogP contribution in [0.2, 0.25) is 0 Å². The number of aliphatic imine (C=N–C) groups is 1. The maximum Gasteiger partial charge on any atom is 0.267 e. The molecule has 1 fully saturated rings. The van der Waals surface area contributed by atoms with Crippen LogP contribution in [0, 0.1) is 14.1 Å². The van der Waals surface area contributed by atoms with Gasteiger partial charge in [0.15, 0.2) is 5.17 Å². The van der Waals surface area contributed by atoms with Gasteiger partial charge in [0, 0.05) is 0 Å². The second-order valence-electron chi connectivity index (χ2n) is 9.17. The van der Waals surface area contributed by atoms with Gasteiger partial charge < -0.3 is 9.47 Å². The molecule has 1 amide bonds. The minimum Gasteiger partial charge on any atom is -0.497 e. The Morgan fingerprint density at radius 2 is 1.62 bits per heavy atom. The molecule has 8 heteroatoms. The van der Waals surface area contributed by atoms with Gasteiger partial charge in [-0.3, -0.25) is 9.69 Å². The summed E-state index contributed by atoms with van der Waals surface area (Å²) in [6.07, 6.45) is 1.94. The van der Waals surface area contributed by atoms with Crippen molar-refractivity contribution in [3.8, 4) is 11.5 Å². The Hall–Kier alpha value is -2.83. The number of thioether (sulfide) groups is 1. The van der Waals surface area contributed by atoms with Crippen LogP contribution in [0.1, 0.15) is 22.3 Å². The number of amidine groups is 1. The quantitative estimate of drug-likeness (QED) is 0.133. The molecule has 1 aliphatic rings. The van der Waals surface area contributed by atoms with Crippen LogP contribution in [0.15, 0.2) is 101 Å². The third-order valence-corrected chi connectivity index (χ3v) is 8.76. The first-order valence-electron chi connectivity index (χ1n) is 12.5. The van der Waals surface area contributed by atoms with Gasteiger partial charge in [-0.2, -0.15) is 0 Å². The number of aryl methyl sites for hydroxylation is 1. The van der Waals surface area contributed by atoms with Crippen molar-refractivity contribution in [3.63, 3.8) is 0 Å². The van der Waals surface area contributed by atoms with E-state index in [1.54, 1.807) is 12.0 Å². The SMILES string of the molecule is COc1ccc(CN2C(=O)/C(=C/c3cc(I)c(OCc4cccc(C)c4)c(I)c3)SC2=Nc2ccccc2)cc1. The van der Waals surface area contributed by atoms with Gasteiger partial charge in [-0.1, -0.05) is 60.2 Å². The molecule has 202 valence electrons. The molecule has 0 aromatic heterocycles. The maximum atomic E-state index is 13.7. The summed E-state index contributed by atoms with van der Waals surface area (Å²) < 4.78 is 13.5. The minimum atomic E-state index is -0.0692. The Kier molecular flexibility index (Phi) is 9.48. The van der Waals surface area contributed by atoms with E-state index in [4.69, 9.17) is 14.5 Å². The number of rotatable bonds is 8. The van der Waals surface area contributed by atoms with E-state index in [1.165, 1.54) is 17.3 Å². The number of hydrogen-bond acceptors (Lipinski definition) is 5. The molecule has 1 heterocycles. The molecule has 1 saturated heterocycles. The van der Waals surface area contributed by atoms with Gasteiger partial charge in [0.2, 0.25) is 0 Å². The van der Waals surface area contributed by atoms with E-state index in [1.807, 2.05) is 66.7 Å². The van der Waals surface area contributed by atoms with Crippen LogP contribution < -0.4 is 9.47 Å². The Balaban J connectivity index is 1.41. The van der Waals surface area contributed by atoms with Crippen LogP contribution in [-0.4, -0.2) is 23.1 Å². The molecule has 0 radical (unpaired) electrons. The van der Waals surface area contributed by atoms with E-state index < -0.39 is 0 Å². The lowest BCUT2D eigenvalue weighted by molar-refractivity contribution is -0.122. The molecule has 0 spiro atoms. The number of nitrogens with zero attached hydrogens (tertiary/aromatic N) is 2. The lowest BCUT2D eigenvalue weighted by Crippen LogP contribution is -2.28. The number of amides is 1. The van der Waals surface area contributed by atoms with Crippen molar-refractivity contribution in [2.24, 2.45) is 4.99 Å². The highest BCUT2D eigenvalue weighted by molar-refractivity contribution is 14.1. The average Bonchev–Trinajstić information content (AvgIpc) is 3.22. The number of halogens is 2. The lowest BCUT2D eigenvalue weighted by atomic mass is 10.1. The fourth-order valence-electron chi connectivity index (χ4n) is 4.17. The van der Waals surface area contributed by atoms with Crippen LogP contribution in [0.4, 0.5) is 5.69 Å². The predicted octanol–water partition coefficient (Wildman–Crippen LogP) is 8.60. The number of carbonyl (C=O) groups is 1. The zero-order valence-electron chi connectivity index (χ0n) is 21.9. The van der Waals surface area contributed by atoms with Gasteiger partial charge in [-0.15, -0.1) is 0 Å². The maximum absolute atomic E-state index is 13.7. The summed E-state index contributed by atoms with van der Waals surface area (Å²) in [4.78, 5) is 20.8. The molecule has 4 aromatic carbocycles. The van der Waals surface area contributed by atoms with E-state index in [9.17, 15) is 4.79 Å². The summed E-state index contributed by atoms with van der Waals surface area (Å²) in [5, 5.41) is 0.653. The van der Waals surface area contributed by atoms with Crippen molar-refractivity contribution in [2.45, 2.75) is 20.1 Å². The summed E-state index contributed by atoms with van der Waals surface area (Å²) in [6, 6.07) is 29.9. The monoisotopic (exact) mass is 772 g/mol. The van der Waals surface area contributed by atoms with Gasteiger partial charge in [0.05, 0.1) is 31.4 Å². The third kappa shape index (κ3) is 7.08. The Morgan fingerprint density at radius 1 is 0.900 bits per heavy atom. The normalized spacial score (nSPS) is 15.2. The van der Waals surface area contributed by atoms with Crippen LogP contribution in [0.25, 0.3) is 6.08 Å². The minimum absolute atomic E-state index is 0.0692. The zero-order valence-corrected chi connectivity index (χ0v) is 27.1. The predicted molar refractivity (Wildman–Crippen MR) is 180 cm³/mol. The summed E-state index contributed by atoms with van der Waals surface area (Å²) in [5.41, 5.74) is 5.09. The average molecular weight is 772 g/mol. The van der Waals surface area contributed by atoms with E-state index in [-0.39, 0.29) is 5.91 Å². The summed E-state index contributed by atoms with van der Waals surface area (Å²) >= 11 is 6.00. The van der Waals surface area contributed by atoms with Crippen LogP contribution in [0.5, 0.6) is 11.5 Å². The van der Waals surface area contributed by atoms with Crippen molar-refractivity contribution < 1.29 is 14.3 Å². The molecule has 4 aromatic rings. The van der Waals surface area contributed by atoms with Crippen LogP contribution >= 0.6 is 56.9 Å². The van der Waals surface area contributed by atoms with Crippen LogP contribution in [-0.2, 0) is 17.9 Å². The van der Waals surface area contributed by atoms with Crippen molar-refractivity contribution in [1.82, 2.24) is 4.90 Å². The first kappa shape index (κ1) is 28.7. The smallest absolute Gasteiger partial charge is 0.267 e. The van der Waals surface area contributed by atoms with Crippen LogP contribution in [0.3, 0.4) is 0 Å². The fourth-order valence-corrected chi connectivity index (χ4v) is 7.29. The van der Waals surface area contributed by atoms with Crippen molar-refractivity contribution >= 4 is 79.8 Å². The molecule has 5 rings (SSSR count). The van der Waals surface area contributed by atoms with Gasteiger partial charge >= 0.3 is 0 Å². The summed E-state index contributed by atoms with van der Waals surface area (Å²) in [6.45, 7) is 3.00. The third-order valence-electron chi connectivity index (χ3n) is 6.15. The van der Waals surface area contributed by atoms with Gasteiger partial charge in [-0.05, 0) is 123 Å². The van der Waals surface area contributed by atoms with Gasteiger partial charge in [0.25, 0.3) is 5.91 Å². The van der Waals surface area contributed by atoms with Crippen molar-refractivity contribution in [1.29, 1.82) is 0 Å². The first-order chi connectivity index (χ1) is 19.4. The highest BCUT2D eigenvalue weighted by Gasteiger charge is 2.33. The molecule has 0 bridgehead atoms. The van der Waals surface area contributed by atoms with Gasteiger partial charge in [-0.25, -0.2) is 4.99 Å². The molecule has 1 aliphatic heterocycles. The van der Waals surface area contributed by atoms with E-state index in [0.717, 1.165) is 41.0 Å². The van der Waals surface area contributed by atoms with E-state index in [0.29, 0.717) is 23.2 Å². The summed E-state index contributed by atoms with van der Waals surface area (Å²) in [7, 11) is 1.64. The Morgan fingerprint density at radius 3 is 2.30 bits per heavy atom. The number of para-hydroxylation sites is 1. The highest BCUT2D eigenvalue weighted by atomic mass is 127. The molecule has 0 atom stereocenters. The highest BCUT2D eigenvalue weighted by Crippen LogP contribution is 2.37. The number of ether oxygens (including phenoxy) is 2. The summed E-state index contributed by atoms with van der Waals surface area (Å²) in [5.74, 6) is 1.56. The molecule has 5 nitrogen and oxygen atoms in total.